The number of aromatic nitrogens is 1. The van der Waals surface area contributed by atoms with Crippen LogP contribution in [0.4, 0.5) is 0 Å². The third-order valence-corrected chi connectivity index (χ3v) is 1.65. The van der Waals surface area contributed by atoms with E-state index in [1.54, 1.807) is 11.3 Å². The van der Waals surface area contributed by atoms with Gasteiger partial charge in [0.15, 0.2) is 0 Å². The van der Waals surface area contributed by atoms with Gasteiger partial charge in [-0.25, -0.2) is 4.98 Å². The van der Waals surface area contributed by atoms with Crippen molar-refractivity contribution in [3.63, 3.8) is 0 Å². The van der Waals surface area contributed by atoms with Gasteiger partial charge >= 0.3 is 0 Å². The summed E-state index contributed by atoms with van der Waals surface area (Å²) in [5.74, 6) is 0. The summed E-state index contributed by atoms with van der Waals surface area (Å²) >= 11 is 1.56. The van der Waals surface area contributed by atoms with Crippen molar-refractivity contribution in [3.8, 4) is 0 Å². The van der Waals surface area contributed by atoms with Gasteiger partial charge in [-0.3, -0.25) is 0 Å². The van der Waals surface area contributed by atoms with Gasteiger partial charge in [0.2, 0.25) is 0 Å². The number of hydrogen-bond donors (Lipinski definition) is 1. The van der Waals surface area contributed by atoms with E-state index in [-0.39, 0.29) is 15.0 Å². The van der Waals surface area contributed by atoms with Gasteiger partial charge in [-0.2, -0.15) is 0 Å². The highest BCUT2D eigenvalue weighted by Gasteiger charge is 1.92. The Hall–Kier alpha value is -0.345. The van der Waals surface area contributed by atoms with Crippen LogP contribution in [-0.4, -0.2) is 18.5 Å². The Kier molecular flexibility index (Phi) is 3.50. The summed E-state index contributed by atoms with van der Waals surface area (Å²) in [5.41, 5.74) is 0.771. The number of rotatable bonds is 1. The van der Waals surface area contributed by atoms with Gasteiger partial charge in [0.05, 0.1) is 17.3 Å². The lowest BCUT2D eigenvalue weighted by Crippen LogP contribution is -1.80. The molecule has 0 spiro atoms. The highest BCUT2D eigenvalue weighted by molar-refractivity contribution is 7.09. The van der Waals surface area contributed by atoms with E-state index in [1.807, 2.05) is 12.3 Å². The summed E-state index contributed by atoms with van der Waals surface area (Å²) < 4.78 is 0. The van der Waals surface area contributed by atoms with Gasteiger partial charge in [-0.15, -0.1) is 11.3 Å². The van der Waals surface area contributed by atoms with Crippen molar-refractivity contribution in [1.29, 1.82) is 0 Å². The van der Waals surface area contributed by atoms with Crippen LogP contribution in [0.5, 0.6) is 0 Å². The van der Waals surface area contributed by atoms with Crippen LogP contribution in [-0.2, 0) is 6.61 Å². The minimum atomic E-state index is 0. The molecule has 0 amide bonds. The van der Waals surface area contributed by atoms with Crippen molar-refractivity contribution < 1.29 is 5.11 Å². The first-order valence-corrected chi connectivity index (χ1v) is 3.23. The maximum absolute atomic E-state index is 8.50. The Balaban J connectivity index is 0.000000640. The predicted molar refractivity (Wildman–Crippen MR) is 38.5 cm³/mol. The number of thiazole rings is 1. The molecular weight excluding hydrogens is 133 g/mol. The molecule has 0 saturated carbocycles. The van der Waals surface area contributed by atoms with Gasteiger partial charge in [-0.05, 0) is 6.92 Å². The van der Waals surface area contributed by atoms with E-state index in [2.05, 4.69) is 4.98 Å². The minimum absolute atomic E-state index is 0. The third-order valence-electron chi connectivity index (χ3n) is 0.829. The van der Waals surface area contributed by atoms with E-state index in [1.165, 1.54) is 0 Å². The molecule has 47 valence electrons. The number of aliphatic hydroxyl groups is 1. The molecule has 0 atom stereocenters. The molecule has 1 N–H and O–H groups in total. The molecule has 3 radical (unpaired) electrons. The average Bonchev–Trinajstić information content (AvgIpc) is 2.14. The van der Waals surface area contributed by atoms with Gasteiger partial charge in [0.25, 0.3) is 0 Å². The number of nitrogens with zero attached hydrogens (tertiary/aromatic N) is 1. The molecule has 1 heterocycles. The van der Waals surface area contributed by atoms with Gasteiger partial charge in [0.1, 0.15) is 0 Å². The standard InChI is InChI=1S/C5H7NOS.B/c1-4-6-5(2-7)3-8-4;/h3,7H,2H2,1H3;. The zero-order chi connectivity index (χ0) is 5.98. The van der Waals surface area contributed by atoms with Crippen molar-refractivity contribution in [2.75, 3.05) is 0 Å². The minimum Gasteiger partial charge on any atom is -0.390 e. The maximum atomic E-state index is 8.50. The summed E-state index contributed by atoms with van der Waals surface area (Å²) in [6, 6.07) is 0. The molecule has 0 aliphatic rings. The first-order chi connectivity index (χ1) is 3.83. The van der Waals surface area contributed by atoms with Crippen molar-refractivity contribution >= 4 is 19.7 Å². The molecule has 0 aromatic carbocycles. The summed E-state index contributed by atoms with van der Waals surface area (Å²) in [5, 5.41) is 11.4. The van der Waals surface area contributed by atoms with Crippen LogP contribution in [0.3, 0.4) is 0 Å². The van der Waals surface area contributed by atoms with Crippen LogP contribution in [0.15, 0.2) is 5.38 Å². The first kappa shape index (κ1) is 8.65. The molecule has 0 fully saturated rings. The highest BCUT2D eigenvalue weighted by Crippen LogP contribution is 2.06. The quantitative estimate of drug-likeness (QED) is 0.578. The second kappa shape index (κ2) is 3.64. The summed E-state index contributed by atoms with van der Waals surface area (Å²) in [6.07, 6.45) is 0. The van der Waals surface area contributed by atoms with Crippen molar-refractivity contribution in [3.05, 3.63) is 16.1 Å². The van der Waals surface area contributed by atoms with Gasteiger partial charge in [0, 0.05) is 13.8 Å². The van der Waals surface area contributed by atoms with Crippen LogP contribution in [0.2, 0.25) is 0 Å². The Morgan fingerprint density at radius 1 is 1.78 bits per heavy atom. The van der Waals surface area contributed by atoms with Crippen LogP contribution in [0.25, 0.3) is 0 Å². The van der Waals surface area contributed by atoms with Gasteiger partial charge in [-0.1, -0.05) is 0 Å². The highest BCUT2D eigenvalue weighted by atomic mass is 32.1. The fourth-order valence-electron chi connectivity index (χ4n) is 0.481. The second-order valence-electron chi connectivity index (χ2n) is 1.52. The van der Waals surface area contributed by atoms with Crippen molar-refractivity contribution in [2.24, 2.45) is 0 Å². The van der Waals surface area contributed by atoms with Crippen LogP contribution < -0.4 is 0 Å². The topological polar surface area (TPSA) is 33.1 Å². The molecule has 4 heteroatoms. The molecule has 2 nitrogen and oxygen atoms in total. The molecule has 0 aliphatic carbocycles. The van der Waals surface area contributed by atoms with Crippen LogP contribution in [0, 0.1) is 6.92 Å². The Morgan fingerprint density at radius 2 is 2.44 bits per heavy atom. The lowest BCUT2D eigenvalue weighted by Gasteiger charge is -1.79. The molecule has 1 aromatic heterocycles. The number of aryl methyl sites for hydroxylation is 1. The Morgan fingerprint density at radius 3 is 2.67 bits per heavy atom. The monoisotopic (exact) mass is 140 g/mol. The maximum Gasteiger partial charge on any atom is 0.0898 e. The summed E-state index contributed by atoms with van der Waals surface area (Å²) in [7, 11) is 0. The zero-order valence-electron chi connectivity index (χ0n) is 5.16. The average molecular weight is 140 g/mol. The van der Waals surface area contributed by atoms with E-state index in [0.717, 1.165) is 10.7 Å². The number of hydrogen-bond acceptors (Lipinski definition) is 3. The Labute approximate surface area is 60.1 Å². The molecule has 9 heavy (non-hydrogen) atoms. The van der Waals surface area contributed by atoms with E-state index in [9.17, 15) is 0 Å². The lowest BCUT2D eigenvalue weighted by molar-refractivity contribution is 0.277. The zero-order valence-corrected chi connectivity index (χ0v) is 5.98. The van der Waals surface area contributed by atoms with E-state index in [4.69, 9.17) is 5.11 Å². The van der Waals surface area contributed by atoms with E-state index < -0.39 is 0 Å². The normalized spacial score (nSPS) is 8.67. The summed E-state index contributed by atoms with van der Waals surface area (Å²) in [6.45, 7) is 1.98. The third kappa shape index (κ3) is 2.16. The predicted octanol–water partition coefficient (Wildman–Crippen LogP) is 0.563. The fourth-order valence-corrected chi connectivity index (χ4v) is 1.08. The molecule has 0 aliphatic heterocycles. The van der Waals surface area contributed by atoms with Crippen LogP contribution >= 0.6 is 11.3 Å². The second-order valence-corrected chi connectivity index (χ2v) is 2.58. The lowest BCUT2D eigenvalue weighted by atomic mass is 10.5. The Bertz CT molecular complexity index is 177. The largest absolute Gasteiger partial charge is 0.390 e. The SMILES string of the molecule is Cc1nc(CO)cs1.[B]. The molecule has 1 rings (SSSR count). The van der Waals surface area contributed by atoms with Gasteiger partial charge < -0.3 is 5.11 Å². The molecule has 0 unspecified atom stereocenters. The van der Waals surface area contributed by atoms with E-state index >= 15 is 0 Å². The van der Waals surface area contributed by atoms with Crippen LogP contribution in [0.1, 0.15) is 10.7 Å². The number of aliphatic hydroxyl groups excluding tert-OH is 1. The molecule has 0 bridgehead atoms. The molecule has 1 aromatic rings. The molecule has 0 saturated heterocycles. The van der Waals surface area contributed by atoms with E-state index in [0.29, 0.717) is 0 Å². The van der Waals surface area contributed by atoms with Crippen molar-refractivity contribution in [2.45, 2.75) is 13.5 Å². The molecular formula is C5H7BNOS. The smallest absolute Gasteiger partial charge is 0.0898 e. The first-order valence-electron chi connectivity index (χ1n) is 2.35. The fraction of sp³-hybridized carbons (Fsp3) is 0.400. The summed E-state index contributed by atoms with van der Waals surface area (Å²) in [4.78, 5) is 4.00. The van der Waals surface area contributed by atoms with Crippen molar-refractivity contribution in [1.82, 2.24) is 4.98 Å².